The molecule has 0 amide bonds. The molecule has 1 atom stereocenters. The van der Waals surface area contributed by atoms with E-state index in [1.807, 2.05) is 19.1 Å². The Kier molecular flexibility index (Phi) is 8.19. The maximum absolute atomic E-state index is 9.33. The summed E-state index contributed by atoms with van der Waals surface area (Å²) in [6, 6.07) is 6.23. The molecule has 1 heterocycles. The summed E-state index contributed by atoms with van der Waals surface area (Å²) in [5, 5.41) is 15.9. The van der Waals surface area contributed by atoms with Gasteiger partial charge in [0.2, 0.25) is 0 Å². The van der Waals surface area contributed by atoms with Crippen LogP contribution in [0.1, 0.15) is 30.9 Å². The summed E-state index contributed by atoms with van der Waals surface area (Å²) in [7, 11) is 0. The van der Waals surface area contributed by atoms with Crippen LogP contribution in [-0.2, 0) is 4.74 Å². The van der Waals surface area contributed by atoms with E-state index in [0.29, 0.717) is 26.3 Å². The number of aliphatic hydroxyl groups is 1. The van der Waals surface area contributed by atoms with E-state index in [2.05, 4.69) is 30.5 Å². The average molecular weight is 364 g/mol. The molecule has 1 fully saturated rings. The van der Waals surface area contributed by atoms with Crippen LogP contribution in [0.3, 0.4) is 0 Å². The van der Waals surface area contributed by atoms with Gasteiger partial charge < -0.3 is 25.2 Å². The number of hydrogen-bond acceptors (Lipinski definition) is 4. The molecule has 0 aromatic heterocycles. The third-order valence-corrected chi connectivity index (χ3v) is 4.60. The van der Waals surface area contributed by atoms with Gasteiger partial charge in [-0.15, -0.1) is 0 Å². The van der Waals surface area contributed by atoms with Gasteiger partial charge in [-0.2, -0.15) is 0 Å². The average Bonchev–Trinajstić information content (AvgIpc) is 3.05. The maximum atomic E-state index is 9.33. The van der Waals surface area contributed by atoms with Crippen molar-refractivity contribution in [1.29, 1.82) is 0 Å². The lowest BCUT2D eigenvalue weighted by Gasteiger charge is -2.24. The Hall–Kier alpha value is -1.79. The van der Waals surface area contributed by atoms with Crippen LogP contribution in [0.2, 0.25) is 0 Å². The van der Waals surface area contributed by atoms with Crippen molar-refractivity contribution in [3.63, 3.8) is 0 Å². The van der Waals surface area contributed by atoms with Crippen LogP contribution in [0.25, 0.3) is 0 Å². The number of aryl methyl sites for hydroxylation is 2. The molecular weight excluding hydrogens is 330 g/mol. The van der Waals surface area contributed by atoms with Crippen molar-refractivity contribution >= 4 is 5.96 Å². The summed E-state index contributed by atoms with van der Waals surface area (Å²) in [5.41, 5.74) is 2.37. The van der Waals surface area contributed by atoms with Gasteiger partial charge in [0, 0.05) is 25.2 Å². The van der Waals surface area contributed by atoms with Crippen LogP contribution < -0.4 is 15.4 Å². The van der Waals surface area contributed by atoms with E-state index in [1.165, 1.54) is 11.1 Å². The van der Waals surface area contributed by atoms with Gasteiger partial charge in [0.1, 0.15) is 12.4 Å². The summed E-state index contributed by atoms with van der Waals surface area (Å²) in [5.74, 6) is 1.68. The Morgan fingerprint density at radius 3 is 2.65 bits per heavy atom. The zero-order valence-electron chi connectivity index (χ0n) is 16.3. The number of aliphatic imine (C=N–C) groups is 1. The fraction of sp³-hybridized carbons (Fsp3) is 0.650. The van der Waals surface area contributed by atoms with Crippen LogP contribution in [0, 0.1) is 19.3 Å². The summed E-state index contributed by atoms with van der Waals surface area (Å²) in [4.78, 5) is 4.71. The van der Waals surface area contributed by atoms with Crippen molar-refractivity contribution in [1.82, 2.24) is 10.6 Å². The van der Waals surface area contributed by atoms with Crippen molar-refractivity contribution in [3.05, 3.63) is 29.3 Å². The summed E-state index contributed by atoms with van der Waals surface area (Å²) in [6.45, 7) is 10.5. The van der Waals surface area contributed by atoms with Crippen molar-refractivity contribution in [2.45, 2.75) is 33.6 Å². The Balaban J connectivity index is 1.83. The molecule has 1 saturated heterocycles. The van der Waals surface area contributed by atoms with Crippen LogP contribution in [0.5, 0.6) is 5.75 Å². The molecule has 26 heavy (non-hydrogen) atoms. The SMILES string of the molecule is CCNC(=NCC1(CCO)CCOC1)NCCOc1cc(C)cc(C)c1. The van der Waals surface area contributed by atoms with Crippen molar-refractivity contribution in [2.24, 2.45) is 10.4 Å². The fourth-order valence-corrected chi connectivity index (χ4v) is 3.23. The van der Waals surface area contributed by atoms with E-state index in [4.69, 9.17) is 14.5 Å². The number of ether oxygens (including phenoxy) is 2. The number of nitrogens with one attached hydrogen (secondary N) is 2. The lowest BCUT2D eigenvalue weighted by molar-refractivity contribution is 0.131. The summed E-state index contributed by atoms with van der Waals surface area (Å²) < 4.78 is 11.4. The first-order valence-corrected chi connectivity index (χ1v) is 9.49. The van der Waals surface area contributed by atoms with E-state index < -0.39 is 0 Å². The second kappa shape index (κ2) is 10.4. The molecule has 3 N–H and O–H groups in total. The highest BCUT2D eigenvalue weighted by molar-refractivity contribution is 5.79. The van der Waals surface area contributed by atoms with Gasteiger partial charge in [-0.25, -0.2) is 0 Å². The molecule has 6 heteroatoms. The van der Waals surface area contributed by atoms with E-state index in [-0.39, 0.29) is 12.0 Å². The first kappa shape index (κ1) is 20.5. The van der Waals surface area contributed by atoms with Crippen molar-refractivity contribution in [2.75, 3.05) is 46.1 Å². The Morgan fingerprint density at radius 2 is 2.04 bits per heavy atom. The first-order chi connectivity index (χ1) is 12.6. The second-order valence-electron chi connectivity index (χ2n) is 7.07. The van der Waals surface area contributed by atoms with E-state index in [1.54, 1.807) is 0 Å². The number of aliphatic hydroxyl groups excluding tert-OH is 1. The predicted octanol–water partition coefficient (Wildman–Crippen LogP) is 2.03. The largest absolute Gasteiger partial charge is 0.492 e. The molecule has 1 unspecified atom stereocenters. The molecule has 0 radical (unpaired) electrons. The molecule has 146 valence electrons. The molecule has 0 spiro atoms. The molecule has 1 aliphatic heterocycles. The molecule has 1 aromatic carbocycles. The summed E-state index contributed by atoms with van der Waals surface area (Å²) >= 11 is 0. The minimum atomic E-state index is -0.0350. The van der Waals surface area contributed by atoms with Gasteiger partial charge in [-0.1, -0.05) is 6.07 Å². The van der Waals surface area contributed by atoms with Crippen LogP contribution in [0.15, 0.2) is 23.2 Å². The van der Waals surface area contributed by atoms with E-state index >= 15 is 0 Å². The minimum absolute atomic E-state index is 0.0350. The molecular formula is C20H33N3O3. The van der Waals surface area contributed by atoms with E-state index in [9.17, 15) is 5.11 Å². The van der Waals surface area contributed by atoms with Gasteiger partial charge in [0.15, 0.2) is 5.96 Å². The van der Waals surface area contributed by atoms with Crippen molar-refractivity contribution in [3.8, 4) is 5.75 Å². The Morgan fingerprint density at radius 1 is 1.27 bits per heavy atom. The molecule has 1 aromatic rings. The molecule has 0 bridgehead atoms. The number of hydrogen-bond donors (Lipinski definition) is 3. The predicted molar refractivity (Wildman–Crippen MR) is 105 cm³/mol. The smallest absolute Gasteiger partial charge is 0.191 e. The number of nitrogens with zero attached hydrogens (tertiary/aromatic N) is 1. The molecule has 2 rings (SSSR count). The standard InChI is InChI=1S/C20H33N3O3/c1-4-21-19(23-14-20(5-8-24)6-9-25-15-20)22-7-10-26-18-12-16(2)11-17(3)13-18/h11-13,24H,4-10,14-15H2,1-3H3,(H2,21,22,23). The van der Waals surface area contributed by atoms with Gasteiger partial charge in [-0.3, -0.25) is 4.99 Å². The summed E-state index contributed by atoms with van der Waals surface area (Å²) in [6.07, 6.45) is 1.68. The second-order valence-corrected chi connectivity index (χ2v) is 7.07. The Bertz CT molecular complexity index is 563. The lowest BCUT2D eigenvalue weighted by Crippen LogP contribution is -2.40. The molecule has 6 nitrogen and oxygen atoms in total. The van der Waals surface area contributed by atoms with Crippen LogP contribution in [-0.4, -0.2) is 57.1 Å². The highest BCUT2D eigenvalue weighted by Gasteiger charge is 2.34. The van der Waals surface area contributed by atoms with E-state index in [0.717, 1.165) is 37.7 Å². The topological polar surface area (TPSA) is 75.1 Å². The highest BCUT2D eigenvalue weighted by atomic mass is 16.5. The van der Waals surface area contributed by atoms with Crippen LogP contribution >= 0.6 is 0 Å². The lowest BCUT2D eigenvalue weighted by atomic mass is 9.84. The number of rotatable bonds is 9. The zero-order chi connectivity index (χ0) is 18.8. The first-order valence-electron chi connectivity index (χ1n) is 9.49. The zero-order valence-corrected chi connectivity index (χ0v) is 16.3. The Labute approximate surface area is 157 Å². The highest BCUT2D eigenvalue weighted by Crippen LogP contribution is 2.32. The molecule has 0 saturated carbocycles. The quantitative estimate of drug-likeness (QED) is 0.356. The minimum Gasteiger partial charge on any atom is -0.492 e. The van der Waals surface area contributed by atoms with Crippen LogP contribution in [0.4, 0.5) is 0 Å². The van der Waals surface area contributed by atoms with Gasteiger partial charge >= 0.3 is 0 Å². The van der Waals surface area contributed by atoms with Gasteiger partial charge in [0.25, 0.3) is 0 Å². The van der Waals surface area contributed by atoms with Gasteiger partial charge in [-0.05, 0) is 56.9 Å². The molecule has 1 aliphatic rings. The van der Waals surface area contributed by atoms with Gasteiger partial charge in [0.05, 0.1) is 19.7 Å². The number of guanidine groups is 1. The third-order valence-electron chi connectivity index (χ3n) is 4.60. The fourth-order valence-electron chi connectivity index (χ4n) is 3.23. The van der Waals surface area contributed by atoms with Crippen molar-refractivity contribution < 1.29 is 14.6 Å². The maximum Gasteiger partial charge on any atom is 0.191 e. The monoisotopic (exact) mass is 363 g/mol. The normalized spacial score (nSPS) is 20.2. The third kappa shape index (κ3) is 6.50. The number of benzene rings is 1. The molecule has 0 aliphatic carbocycles.